The molecule has 0 aliphatic heterocycles. The lowest BCUT2D eigenvalue weighted by Crippen LogP contribution is -1.99. The third-order valence-corrected chi connectivity index (χ3v) is 4.80. The number of benzene rings is 1. The minimum absolute atomic E-state index is 0.0469. The van der Waals surface area contributed by atoms with E-state index >= 15 is 0 Å². The Balaban J connectivity index is 0.000000514. The fraction of sp³-hybridized carbons (Fsp3) is 0.154. The maximum absolute atomic E-state index is 12.1. The van der Waals surface area contributed by atoms with Gasteiger partial charge in [0, 0.05) is 4.70 Å². The van der Waals surface area contributed by atoms with Crippen LogP contribution in [0.15, 0.2) is 34.4 Å². The summed E-state index contributed by atoms with van der Waals surface area (Å²) < 4.78 is 2.03. The number of fused-ring (bicyclic) bond motifs is 2. The highest BCUT2D eigenvalue weighted by Gasteiger charge is 2.08. The van der Waals surface area contributed by atoms with Crippen LogP contribution in [0.25, 0.3) is 19.5 Å². The van der Waals surface area contributed by atoms with E-state index in [0.29, 0.717) is 10.4 Å². The third kappa shape index (κ3) is 2.10. The highest BCUT2D eigenvalue weighted by Crippen LogP contribution is 2.31. The molecule has 0 spiro atoms. The molecular weight excluding hydrogens is 272 g/mol. The van der Waals surface area contributed by atoms with Gasteiger partial charge < -0.3 is 0 Å². The zero-order valence-corrected chi connectivity index (χ0v) is 11.9. The lowest BCUT2D eigenvalue weighted by Gasteiger charge is -1.98. The minimum atomic E-state index is 0.0469. The van der Waals surface area contributed by atoms with E-state index in [4.69, 9.17) is 11.6 Å². The molecule has 3 rings (SSSR count). The van der Waals surface area contributed by atoms with E-state index in [1.807, 2.05) is 37.4 Å². The molecule has 88 valence electrons. The molecule has 0 unspecified atom stereocenters. The molecule has 0 saturated heterocycles. The first kappa shape index (κ1) is 12.6. The molecule has 0 aliphatic carbocycles. The Morgan fingerprint density at radius 2 is 1.94 bits per heavy atom. The molecule has 0 aliphatic rings. The van der Waals surface area contributed by atoms with E-state index < -0.39 is 0 Å². The van der Waals surface area contributed by atoms with Gasteiger partial charge in [0.05, 0.1) is 19.8 Å². The van der Waals surface area contributed by atoms with Crippen LogP contribution in [-0.4, -0.2) is 0 Å². The summed E-state index contributed by atoms with van der Waals surface area (Å²) in [5.74, 6) is 0. The lowest BCUT2D eigenvalue weighted by atomic mass is 10.2. The van der Waals surface area contributed by atoms with Crippen molar-refractivity contribution in [2.24, 2.45) is 0 Å². The smallest absolute Gasteiger partial charge is 0.198 e. The molecule has 4 heteroatoms. The van der Waals surface area contributed by atoms with Crippen molar-refractivity contribution in [3.8, 4) is 0 Å². The standard InChI is InChI=1S/C11H5ClOS2.C2H6/c12-7-2-1-3-8-9(7)10(13)6-4-5-14-11(6)15-8;1-2/h1-5H;1-2H3. The number of thiophene rings is 1. The topological polar surface area (TPSA) is 17.1 Å². The Bertz CT molecular complexity index is 712. The molecular formula is C13H11ClOS2. The van der Waals surface area contributed by atoms with Crippen molar-refractivity contribution in [3.63, 3.8) is 0 Å². The summed E-state index contributed by atoms with van der Waals surface area (Å²) >= 11 is 9.26. The van der Waals surface area contributed by atoms with Gasteiger partial charge >= 0.3 is 0 Å². The maximum atomic E-state index is 12.1. The average molecular weight is 283 g/mol. The van der Waals surface area contributed by atoms with E-state index in [-0.39, 0.29) is 5.43 Å². The van der Waals surface area contributed by atoms with Crippen LogP contribution in [0.4, 0.5) is 0 Å². The first-order valence-corrected chi connectivity index (χ1v) is 7.43. The Morgan fingerprint density at radius 1 is 1.18 bits per heavy atom. The zero-order valence-electron chi connectivity index (χ0n) is 9.49. The van der Waals surface area contributed by atoms with Crippen molar-refractivity contribution in [1.82, 2.24) is 0 Å². The Morgan fingerprint density at radius 3 is 2.71 bits per heavy atom. The fourth-order valence-corrected chi connectivity index (χ4v) is 4.07. The van der Waals surface area contributed by atoms with E-state index in [2.05, 4.69) is 0 Å². The van der Waals surface area contributed by atoms with Crippen molar-refractivity contribution in [1.29, 1.82) is 0 Å². The predicted octanol–water partition coefficient (Wildman–Crippen LogP) is 5.16. The zero-order chi connectivity index (χ0) is 12.4. The van der Waals surface area contributed by atoms with E-state index in [1.165, 1.54) is 0 Å². The van der Waals surface area contributed by atoms with Crippen LogP contribution in [0.5, 0.6) is 0 Å². The SMILES string of the molecule is CC.O=c1c2ccsc2sc2cccc(Cl)c12. The van der Waals surface area contributed by atoms with Crippen LogP contribution in [0.2, 0.25) is 5.02 Å². The van der Waals surface area contributed by atoms with Crippen molar-refractivity contribution >= 4 is 53.8 Å². The third-order valence-electron chi connectivity index (χ3n) is 2.28. The summed E-state index contributed by atoms with van der Waals surface area (Å²) in [6.45, 7) is 4.00. The van der Waals surface area contributed by atoms with Crippen LogP contribution in [-0.2, 0) is 0 Å². The highest BCUT2D eigenvalue weighted by atomic mass is 35.5. The van der Waals surface area contributed by atoms with Gasteiger partial charge in [0.25, 0.3) is 0 Å². The number of halogens is 1. The summed E-state index contributed by atoms with van der Waals surface area (Å²) in [6.07, 6.45) is 0. The van der Waals surface area contributed by atoms with Gasteiger partial charge in [0.2, 0.25) is 0 Å². The van der Waals surface area contributed by atoms with Crippen LogP contribution in [0.1, 0.15) is 13.8 Å². The fourth-order valence-electron chi connectivity index (χ4n) is 1.59. The molecule has 3 aromatic rings. The molecule has 1 nitrogen and oxygen atoms in total. The molecule has 0 bridgehead atoms. The normalized spacial score (nSPS) is 10.3. The summed E-state index contributed by atoms with van der Waals surface area (Å²) in [7, 11) is 0. The first-order valence-electron chi connectivity index (χ1n) is 5.36. The van der Waals surface area contributed by atoms with Gasteiger partial charge in [-0.2, -0.15) is 0 Å². The molecule has 2 heterocycles. The second-order valence-electron chi connectivity index (χ2n) is 3.17. The van der Waals surface area contributed by atoms with Gasteiger partial charge in [0.15, 0.2) is 5.43 Å². The Kier molecular flexibility index (Phi) is 3.82. The van der Waals surface area contributed by atoms with Crippen molar-refractivity contribution in [2.45, 2.75) is 13.8 Å². The van der Waals surface area contributed by atoms with Crippen molar-refractivity contribution in [2.75, 3.05) is 0 Å². The average Bonchev–Trinajstić information content (AvgIpc) is 2.80. The quantitative estimate of drug-likeness (QED) is 0.557. The maximum Gasteiger partial charge on any atom is 0.198 e. The lowest BCUT2D eigenvalue weighted by molar-refractivity contribution is 1.50. The first-order chi connectivity index (χ1) is 8.27. The van der Waals surface area contributed by atoms with Crippen molar-refractivity contribution < 1.29 is 0 Å². The summed E-state index contributed by atoms with van der Waals surface area (Å²) in [5.41, 5.74) is 0.0469. The van der Waals surface area contributed by atoms with Gasteiger partial charge in [-0.05, 0) is 23.6 Å². The molecule has 0 amide bonds. The number of hydrogen-bond acceptors (Lipinski definition) is 3. The Hall–Kier alpha value is -0.900. The summed E-state index contributed by atoms with van der Waals surface area (Å²) in [4.78, 5) is 12.1. The predicted molar refractivity (Wildman–Crippen MR) is 79.8 cm³/mol. The van der Waals surface area contributed by atoms with Gasteiger partial charge in [-0.15, -0.1) is 22.7 Å². The molecule has 0 N–H and O–H groups in total. The second kappa shape index (κ2) is 5.17. The van der Waals surface area contributed by atoms with E-state index in [1.54, 1.807) is 28.7 Å². The van der Waals surface area contributed by atoms with E-state index in [9.17, 15) is 4.79 Å². The molecule has 0 saturated carbocycles. The second-order valence-corrected chi connectivity index (χ2v) is 5.80. The highest BCUT2D eigenvalue weighted by molar-refractivity contribution is 7.40. The number of hydrogen-bond donors (Lipinski definition) is 0. The van der Waals surface area contributed by atoms with Gasteiger partial charge in [-0.1, -0.05) is 31.5 Å². The van der Waals surface area contributed by atoms with Crippen molar-refractivity contribution in [3.05, 3.63) is 44.9 Å². The molecule has 17 heavy (non-hydrogen) atoms. The summed E-state index contributed by atoms with van der Waals surface area (Å²) in [5, 5.41) is 3.91. The van der Waals surface area contributed by atoms with Crippen LogP contribution in [0.3, 0.4) is 0 Å². The van der Waals surface area contributed by atoms with Gasteiger partial charge in [-0.3, -0.25) is 4.79 Å². The van der Waals surface area contributed by atoms with Crippen LogP contribution >= 0.6 is 34.3 Å². The van der Waals surface area contributed by atoms with Gasteiger partial charge in [-0.25, -0.2) is 0 Å². The monoisotopic (exact) mass is 282 g/mol. The van der Waals surface area contributed by atoms with Crippen LogP contribution in [0, 0.1) is 0 Å². The largest absolute Gasteiger partial charge is 0.288 e. The van der Waals surface area contributed by atoms with E-state index in [0.717, 1.165) is 14.1 Å². The summed E-state index contributed by atoms with van der Waals surface area (Å²) in [6, 6.07) is 7.43. The molecule has 0 radical (unpaired) electrons. The minimum Gasteiger partial charge on any atom is -0.288 e. The van der Waals surface area contributed by atoms with Crippen LogP contribution < -0.4 is 5.43 Å². The Labute approximate surface area is 112 Å². The molecule has 1 aromatic carbocycles. The molecule has 0 atom stereocenters. The molecule has 2 aromatic heterocycles. The number of rotatable bonds is 0. The molecule has 0 fully saturated rings. The van der Waals surface area contributed by atoms with Gasteiger partial charge in [0.1, 0.15) is 0 Å².